The number of carbonyl (C=O) groups excluding carboxylic acids is 4. The SMILES string of the molecule is O=C1CCC(N2Cc3c(ccc4c3CCN(C(=O)OCc3ccccc3)C4)C2=O)C(=O)N1. The lowest BCUT2D eigenvalue weighted by molar-refractivity contribution is -0.136. The van der Waals surface area contributed by atoms with Crippen molar-refractivity contribution in [2.75, 3.05) is 6.54 Å². The van der Waals surface area contributed by atoms with Gasteiger partial charge in [-0.25, -0.2) is 4.79 Å². The summed E-state index contributed by atoms with van der Waals surface area (Å²) in [5.41, 5.74) is 4.52. The van der Waals surface area contributed by atoms with E-state index in [1.54, 1.807) is 15.9 Å². The van der Waals surface area contributed by atoms with Crippen LogP contribution in [0, 0.1) is 0 Å². The minimum Gasteiger partial charge on any atom is -0.445 e. The second-order valence-electron chi connectivity index (χ2n) is 8.34. The van der Waals surface area contributed by atoms with Gasteiger partial charge in [0, 0.05) is 31.6 Å². The van der Waals surface area contributed by atoms with E-state index in [0.29, 0.717) is 38.0 Å². The Morgan fingerprint density at radius 2 is 1.81 bits per heavy atom. The number of hydrogen-bond donors (Lipinski definition) is 1. The second kappa shape index (κ2) is 8.11. The third-order valence-corrected chi connectivity index (χ3v) is 6.39. The minimum atomic E-state index is -0.628. The lowest BCUT2D eigenvalue weighted by Gasteiger charge is -2.30. The number of rotatable bonds is 3. The molecule has 1 fully saturated rings. The highest BCUT2D eigenvalue weighted by molar-refractivity contribution is 6.05. The molecule has 8 heteroatoms. The van der Waals surface area contributed by atoms with Gasteiger partial charge >= 0.3 is 6.09 Å². The average molecular weight is 433 g/mol. The van der Waals surface area contributed by atoms with Gasteiger partial charge in [-0.1, -0.05) is 36.4 Å². The van der Waals surface area contributed by atoms with Gasteiger partial charge in [0.05, 0.1) is 0 Å². The van der Waals surface area contributed by atoms with Gasteiger partial charge in [0.25, 0.3) is 5.91 Å². The van der Waals surface area contributed by atoms with E-state index in [4.69, 9.17) is 4.74 Å². The number of fused-ring (bicyclic) bond motifs is 3. The molecule has 3 aliphatic rings. The van der Waals surface area contributed by atoms with Crippen LogP contribution in [0.3, 0.4) is 0 Å². The number of amides is 4. The van der Waals surface area contributed by atoms with E-state index in [2.05, 4.69) is 5.32 Å². The van der Waals surface area contributed by atoms with Gasteiger partial charge in [-0.3, -0.25) is 19.7 Å². The Labute approximate surface area is 185 Å². The third kappa shape index (κ3) is 3.62. The molecule has 0 aliphatic carbocycles. The van der Waals surface area contributed by atoms with E-state index >= 15 is 0 Å². The average Bonchev–Trinajstić information content (AvgIpc) is 3.14. The topological polar surface area (TPSA) is 96.0 Å². The first-order valence-electron chi connectivity index (χ1n) is 10.7. The van der Waals surface area contributed by atoms with E-state index in [1.807, 2.05) is 36.4 Å². The number of piperidine rings is 1. The smallest absolute Gasteiger partial charge is 0.410 e. The fourth-order valence-corrected chi connectivity index (χ4v) is 4.71. The third-order valence-electron chi connectivity index (χ3n) is 6.39. The van der Waals surface area contributed by atoms with Crippen LogP contribution >= 0.6 is 0 Å². The van der Waals surface area contributed by atoms with Crippen molar-refractivity contribution < 1.29 is 23.9 Å². The zero-order valence-corrected chi connectivity index (χ0v) is 17.5. The zero-order chi connectivity index (χ0) is 22.2. The van der Waals surface area contributed by atoms with Crippen LogP contribution in [0.2, 0.25) is 0 Å². The molecule has 2 aromatic rings. The van der Waals surface area contributed by atoms with Crippen LogP contribution in [-0.4, -0.2) is 46.2 Å². The van der Waals surface area contributed by atoms with Crippen molar-refractivity contribution in [3.63, 3.8) is 0 Å². The molecule has 0 radical (unpaired) electrons. The molecular formula is C24H23N3O5. The lowest BCUT2D eigenvalue weighted by Crippen LogP contribution is -2.52. The van der Waals surface area contributed by atoms with Gasteiger partial charge < -0.3 is 14.5 Å². The van der Waals surface area contributed by atoms with Crippen molar-refractivity contribution in [1.29, 1.82) is 0 Å². The Morgan fingerprint density at radius 3 is 2.59 bits per heavy atom. The largest absolute Gasteiger partial charge is 0.445 e. The number of hydrogen-bond acceptors (Lipinski definition) is 5. The molecule has 3 aliphatic heterocycles. The van der Waals surface area contributed by atoms with E-state index in [9.17, 15) is 19.2 Å². The van der Waals surface area contributed by atoms with Gasteiger partial charge in [-0.15, -0.1) is 0 Å². The predicted molar refractivity (Wildman–Crippen MR) is 113 cm³/mol. The molecule has 0 aromatic heterocycles. The maximum Gasteiger partial charge on any atom is 0.410 e. The Kier molecular flexibility index (Phi) is 5.13. The van der Waals surface area contributed by atoms with Crippen molar-refractivity contribution in [1.82, 2.24) is 15.1 Å². The van der Waals surface area contributed by atoms with E-state index in [0.717, 1.165) is 22.3 Å². The summed E-state index contributed by atoms with van der Waals surface area (Å²) < 4.78 is 5.46. The normalized spacial score (nSPS) is 20.0. The number of ether oxygens (including phenoxy) is 1. The zero-order valence-electron chi connectivity index (χ0n) is 17.5. The number of nitrogens with one attached hydrogen (secondary N) is 1. The summed E-state index contributed by atoms with van der Waals surface area (Å²) in [5.74, 6) is -0.891. The number of nitrogens with zero attached hydrogens (tertiary/aromatic N) is 2. The molecule has 1 unspecified atom stereocenters. The lowest BCUT2D eigenvalue weighted by atomic mass is 9.92. The van der Waals surface area contributed by atoms with Crippen LogP contribution in [0.25, 0.3) is 0 Å². The fraction of sp³-hybridized carbons (Fsp3) is 0.333. The first kappa shape index (κ1) is 20.2. The van der Waals surface area contributed by atoms with Gasteiger partial charge in [-0.05, 0) is 41.2 Å². The van der Waals surface area contributed by atoms with Crippen molar-refractivity contribution in [3.05, 3.63) is 70.3 Å². The Bertz CT molecular complexity index is 1110. The van der Waals surface area contributed by atoms with Crippen LogP contribution in [0.5, 0.6) is 0 Å². The minimum absolute atomic E-state index is 0.179. The molecule has 4 amide bonds. The fourth-order valence-electron chi connectivity index (χ4n) is 4.71. The molecule has 0 bridgehead atoms. The first-order chi connectivity index (χ1) is 15.5. The molecule has 32 heavy (non-hydrogen) atoms. The highest BCUT2D eigenvalue weighted by Gasteiger charge is 2.40. The highest BCUT2D eigenvalue weighted by Crippen LogP contribution is 2.34. The van der Waals surface area contributed by atoms with Crippen LogP contribution in [0.4, 0.5) is 4.79 Å². The van der Waals surface area contributed by atoms with E-state index in [1.165, 1.54) is 0 Å². The van der Waals surface area contributed by atoms with Gasteiger partial charge in [0.2, 0.25) is 11.8 Å². The summed E-state index contributed by atoms with van der Waals surface area (Å²) >= 11 is 0. The van der Waals surface area contributed by atoms with E-state index in [-0.39, 0.29) is 30.9 Å². The Morgan fingerprint density at radius 1 is 1.00 bits per heavy atom. The molecule has 3 heterocycles. The quantitative estimate of drug-likeness (QED) is 0.749. The van der Waals surface area contributed by atoms with Crippen LogP contribution in [0.1, 0.15) is 45.5 Å². The molecule has 1 saturated heterocycles. The van der Waals surface area contributed by atoms with Crippen molar-refractivity contribution >= 4 is 23.8 Å². The maximum atomic E-state index is 13.0. The molecular weight excluding hydrogens is 410 g/mol. The molecule has 2 aromatic carbocycles. The second-order valence-corrected chi connectivity index (χ2v) is 8.34. The summed E-state index contributed by atoms with van der Waals surface area (Å²) in [6.07, 6.45) is 0.832. The summed E-state index contributed by atoms with van der Waals surface area (Å²) in [6.45, 7) is 1.50. The Balaban J connectivity index is 1.29. The van der Waals surface area contributed by atoms with Crippen molar-refractivity contribution in [2.45, 2.75) is 45.0 Å². The first-order valence-corrected chi connectivity index (χ1v) is 10.7. The van der Waals surface area contributed by atoms with Gasteiger partial charge in [0.1, 0.15) is 12.6 Å². The molecule has 164 valence electrons. The van der Waals surface area contributed by atoms with Gasteiger partial charge in [0.15, 0.2) is 0 Å². The van der Waals surface area contributed by atoms with Gasteiger partial charge in [-0.2, -0.15) is 0 Å². The number of carbonyl (C=O) groups is 4. The number of imide groups is 1. The molecule has 1 atom stereocenters. The molecule has 1 N–H and O–H groups in total. The number of benzene rings is 2. The van der Waals surface area contributed by atoms with Crippen LogP contribution < -0.4 is 5.32 Å². The standard InChI is InChI=1S/C24H23N3O5/c28-21-9-8-20(22(29)25-21)27-13-19-17-10-11-26(12-16(17)6-7-18(19)23(27)30)24(31)32-14-15-4-2-1-3-5-15/h1-7,20H,8-14H2,(H,25,28,29). The van der Waals surface area contributed by atoms with Crippen molar-refractivity contribution in [2.24, 2.45) is 0 Å². The summed E-state index contributed by atoms with van der Waals surface area (Å²) in [5, 5.41) is 2.33. The predicted octanol–water partition coefficient (Wildman–Crippen LogP) is 2.14. The summed E-state index contributed by atoms with van der Waals surface area (Å²) in [6, 6.07) is 12.6. The molecule has 0 spiro atoms. The Hall–Kier alpha value is -3.68. The van der Waals surface area contributed by atoms with Crippen LogP contribution in [0.15, 0.2) is 42.5 Å². The highest BCUT2D eigenvalue weighted by atomic mass is 16.6. The van der Waals surface area contributed by atoms with E-state index < -0.39 is 11.9 Å². The molecule has 8 nitrogen and oxygen atoms in total. The molecule has 5 rings (SSSR count). The maximum absolute atomic E-state index is 13.0. The molecule has 0 saturated carbocycles. The monoisotopic (exact) mass is 433 g/mol. The van der Waals surface area contributed by atoms with Crippen LogP contribution in [-0.2, 0) is 40.4 Å². The van der Waals surface area contributed by atoms with Crippen molar-refractivity contribution in [3.8, 4) is 0 Å². The summed E-state index contributed by atoms with van der Waals surface area (Å²) in [4.78, 5) is 52.5. The summed E-state index contributed by atoms with van der Waals surface area (Å²) in [7, 11) is 0.